The molecule has 3 rings (SSSR count). The molecular weight excluding hydrogens is 451 g/mol. The van der Waals surface area contributed by atoms with Crippen LogP contribution in [0.3, 0.4) is 0 Å². The maximum atomic E-state index is 14.8. The molecule has 4 nitrogen and oxygen atoms in total. The first-order chi connectivity index (χ1) is 13.1. The zero-order chi connectivity index (χ0) is 20.7. The van der Waals surface area contributed by atoms with Crippen LogP contribution >= 0.6 is 15.9 Å². The van der Waals surface area contributed by atoms with E-state index in [0.717, 1.165) is 4.68 Å². The van der Waals surface area contributed by atoms with Crippen molar-refractivity contribution in [2.75, 3.05) is 0 Å². The van der Waals surface area contributed by atoms with Gasteiger partial charge in [0.15, 0.2) is 11.8 Å². The minimum Gasteiger partial charge on any atom is -0.447 e. The smallest absolute Gasteiger partial charge is 0.435 e. The molecule has 1 aromatic heterocycles. The SMILES string of the molecule is CCCCn1nc(C(F)(F)F)c2c1C(Br)C(F)(F)[C@H]2OC(=O)c1ccccc1. The molecule has 1 aliphatic carbocycles. The second-order valence-electron chi connectivity index (χ2n) is 6.41. The van der Waals surface area contributed by atoms with Crippen LogP contribution in [0.1, 0.15) is 58.0 Å². The number of carbonyl (C=O) groups excluding carboxylic acids is 1. The zero-order valence-corrected chi connectivity index (χ0v) is 16.2. The highest BCUT2D eigenvalue weighted by Crippen LogP contribution is 2.58. The summed E-state index contributed by atoms with van der Waals surface area (Å²) in [6.07, 6.45) is -6.25. The molecule has 2 atom stereocenters. The molecule has 28 heavy (non-hydrogen) atoms. The number of esters is 1. The fraction of sp³-hybridized carbons (Fsp3) is 0.444. The quantitative estimate of drug-likeness (QED) is 0.323. The van der Waals surface area contributed by atoms with Gasteiger partial charge in [0.1, 0.15) is 4.83 Å². The predicted molar refractivity (Wildman–Crippen MR) is 93.4 cm³/mol. The van der Waals surface area contributed by atoms with Crippen LogP contribution in [0.15, 0.2) is 30.3 Å². The Bertz CT molecular complexity index is 867. The lowest BCUT2D eigenvalue weighted by molar-refractivity contribution is -0.147. The number of benzene rings is 1. The largest absolute Gasteiger partial charge is 0.447 e. The summed E-state index contributed by atoms with van der Waals surface area (Å²) in [6.45, 7) is 1.87. The number of fused-ring (bicyclic) bond motifs is 1. The van der Waals surface area contributed by atoms with Crippen LogP contribution in [0.5, 0.6) is 0 Å². The van der Waals surface area contributed by atoms with Gasteiger partial charge in [-0.3, -0.25) is 4.68 Å². The number of carbonyl (C=O) groups is 1. The molecule has 0 bridgehead atoms. The molecule has 0 spiro atoms. The number of unbranched alkanes of at least 4 members (excludes halogenated alkanes) is 1. The third kappa shape index (κ3) is 3.54. The van der Waals surface area contributed by atoms with E-state index in [9.17, 15) is 26.7 Å². The lowest BCUT2D eigenvalue weighted by Crippen LogP contribution is -2.30. The van der Waals surface area contributed by atoms with E-state index in [1.54, 1.807) is 6.07 Å². The molecular formula is C18H16BrF5N2O2. The lowest BCUT2D eigenvalue weighted by Gasteiger charge is -2.23. The Morgan fingerprint density at radius 1 is 1.29 bits per heavy atom. The van der Waals surface area contributed by atoms with Gasteiger partial charge in [-0.2, -0.15) is 18.3 Å². The second kappa shape index (κ2) is 7.46. The van der Waals surface area contributed by atoms with Crippen molar-refractivity contribution in [3.05, 3.63) is 52.8 Å². The van der Waals surface area contributed by atoms with Gasteiger partial charge in [-0.05, 0) is 18.6 Å². The van der Waals surface area contributed by atoms with Gasteiger partial charge in [-0.15, -0.1) is 0 Å². The van der Waals surface area contributed by atoms with E-state index >= 15 is 0 Å². The van der Waals surface area contributed by atoms with Gasteiger partial charge >= 0.3 is 18.1 Å². The van der Waals surface area contributed by atoms with Crippen molar-refractivity contribution in [1.29, 1.82) is 0 Å². The Hall–Kier alpha value is -1.97. The van der Waals surface area contributed by atoms with Crippen molar-refractivity contribution in [1.82, 2.24) is 9.78 Å². The van der Waals surface area contributed by atoms with Crippen LogP contribution in [0.25, 0.3) is 0 Å². The Morgan fingerprint density at radius 2 is 1.93 bits per heavy atom. The van der Waals surface area contributed by atoms with Crippen molar-refractivity contribution in [3.8, 4) is 0 Å². The molecule has 1 heterocycles. The summed E-state index contributed by atoms with van der Waals surface area (Å²) in [5, 5.41) is 3.52. The molecule has 1 unspecified atom stereocenters. The number of rotatable bonds is 5. The maximum absolute atomic E-state index is 14.8. The molecule has 0 fully saturated rings. The van der Waals surface area contributed by atoms with E-state index in [1.807, 2.05) is 6.92 Å². The molecule has 0 aliphatic heterocycles. The lowest BCUT2D eigenvalue weighted by atomic mass is 10.1. The molecule has 2 aromatic rings. The molecule has 0 amide bonds. The summed E-state index contributed by atoms with van der Waals surface area (Å²) < 4.78 is 76.1. The van der Waals surface area contributed by atoms with Crippen LogP contribution in [0.4, 0.5) is 22.0 Å². The summed E-state index contributed by atoms with van der Waals surface area (Å²) in [7, 11) is 0. The predicted octanol–water partition coefficient (Wildman–Crippen LogP) is 5.69. The number of alkyl halides is 6. The Labute approximate surface area is 165 Å². The summed E-state index contributed by atoms with van der Waals surface area (Å²) >= 11 is 2.80. The van der Waals surface area contributed by atoms with Crippen molar-refractivity contribution in [3.63, 3.8) is 0 Å². The van der Waals surface area contributed by atoms with Gasteiger partial charge in [-0.25, -0.2) is 13.6 Å². The highest BCUT2D eigenvalue weighted by atomic mass is 79.9. The van der Waals surface area contributed by atoms with Gasteiger partial charge in [0.05, 0.1) is 16.8 Å². The first kappa shape index (κ1) is 20.8. The fourth-order valence-corrected chi connectivity index (χ4v) is 3.82. The molecule has 1 aromatic carbocycles. The summed E-state index contributed by atoms with van der Waals surface area (Å²) in [4.78, 5) is 10.5. The van der Waals surface area contributed by atoms with Crippen LogP contribution < -0.4 is 0 Å². The third-order valence-corrected chi connectivity index (χ3v) is 5.49. The van der Waals surface area contributed by atoms with E-state index in [4.69, 9.17) is 4.74 Å². The number of hydrogen-bond donors (Lipinski definition) is 0. The van der Waals surface area contributed by atoms with Crippen LogP contribution in [0.2, 0.25) is 0 Å². The molecule has 152 valence electrons. The van der Waals surface area contributed by atoms with Crippen molar-refractivity contribution in [2.45, 2.75) is 49.3 Å². The van der Waals surface area contributed by atoms with Crippen molar-refractivity contribution < 1.29 is 31.5 Å². The van der Waals surface area contributed by atoms with Gasteiger partial charge in [0.25, 0.3) is 0 Å². The maximum Gasteiger partial charge on any atom is 0.435 e. The van der Waals surface area contributed by atoms with Crippen LogP contribution in [0, 0.1) is 0 Å². The Kier molecular flexibility index (Phi) is 5.53. The third-order valence-electron chi connectivity index (χ3n) is 4.45. The minimum atomic E-state index is -4.97. The number of nitrogens with zero attached hydrogens (tertiary/aromatic N) is 2. The highest BCUT2D eigenvalue weighted by molar-refractivity contribution is 9.09. The normalized spacial score (nSPS) is 20.8. The molecule has 0 N–H and O–H groups in total. The monoisotopic (exact) mass is 466 g/mol. The number of halogens is 6. The average molecular weight is 467 g/mol. The number of hydrogen-bond acceptors (Lipinski definition) is 3. The summed E-state index contributed by atoms with van der Waals surface area (Å²) in [5.41, 5.74) is -2.59. The Balaban J connectivity index is 2.08. The topological polar surface area (TPSA) is 44.1 Å². The van der Waals surface area contributed by atoms with E-state index in [-0.39, 0.29) is 17.8 Å². The molecule has 0 radical (unpaired) electrons. The van der Waals surface area contributed by atoms with E-state index in [1.165, 1.54) is 24.3 Å². The minimum absolute atomic E-state index is 0.0372. The average Bonchev–Trinajstić information content (AvgIpc) is 3.10. The van der Waals surface area contributed by atoms with Gasteiger partial charge in [-0.1, -0.05) is 47.5 Å². The number of aryl methyl sites for hydroxylation is 1. The number of aromatic nitrogens is 2. The van der Waals surface area contributed by atoms with E-state index < -0.39 is 40.3 Å². The fourth-order valence-electron chi connectivity index (χ4n) is 3.10. The second-order valence-corrected chi connectivity index (χ2v) is 7.33. The first-order valence-electron chi connectivity index (χ1n) is 8.54. The standard InChI is InChI=1S/C18H16BrF5N2O2/c1-2-3-9-26-12-11(14(25-26)18(22,23)24)15(17(20,21)13(12)19)28-16(27)10-7-5-4-6-8-10/h4-8,13,15H,2-3,9H2,1H3/t13?,15-/m0/s1. The van der Waals surface area contributed by atoms with Crippen molar-refractivity contribution >= 4 is 21.9 Å². The molecule has 10 heteroatoms. The Morgan fingerprint density at radius 3 is 2.50 bits per heavy atom. The first-order valence-corrected chi connectivity index (χ1v) is 9.46. The van der Waals surface area contributed by atoms with Crippen molar-refractivity contribution in [2.24, 2.45) is 0 Å². The van der Waals surface area contributed by atoms with Gasteiger partial charge < -0.3 is 4.74 Å². The summed E-state index contributed by atoms with van der Waals surface area (Å²) in [5.74, 6) is -4.90. The molecule has 0 saturated heterocycles. The zero-order valence-electron chi connectivity index (χ0n) is 14.6. The van der Waals surface area contributed by atoms with Gasteiger partial charge in [0.2, 0.25) is 0 Å². The highest BCUT2D eigenvalue weighted by Gasteiger charge is 2.62. The molecule has 0 saturated carbocycles. The number of ether oxygens (including phenoxy) is 1. The van der Waals surface area contributed by atoms with Crippen LogP contribution in [-0.4, -0.2) is 21.7 Å². The van der Waals surface area contributed by atoms with Gasteiger partial charge in [0, 0.05) is 6.54 Å². The molecule has 1 aliphatic rings. The van der Waals surface area contributed by atoms with Crippen LogP contribution in [-0.2, 0) is 17.5 Å². The van der Waals surface area contributed by atoms with E-state index in [0.29, 0.717) is 12.8 Å². The summed E-state index contributed by atoms with van der Waals surface area (Å²) in [6, 6.07) is 7.25. The van der Waals surface area contributed by atoms with E-state index in [2.05, 4.69) is 21.0 Å².